The maximum absolute atomic E-state index is 13.6. The molecule has 0 aromatic heterocycles. The van der Waals surface area contributed by atoms with Crippen LogP contribution in [0, 0.1) is 17.6 Å². The fourth-order valence-corrected chi connectivity index (χ4v) is 2.42. The number of halogens is 2. The first-order valence-electron chi connectivity index (χ1n) is 7.92. The number of carbonyl (C=O) groups is 1. The molecular formula is C19H22F2N2O. The van der Waals surface area contributed by atoms with Gasteiger partial charge in [-0.2, -0.15) is 0 Å². The monoisotopic (exact) mass is 332 g/mol. The number of carbonyl (C=O) groups excluding carboxylic acids is 1. The zero-order valence-electron chi connectivity index (χ0n) is 13.8. The number of hydrogen-bond acceptors (Lipinski definition) is 2. The number of nitrogens with one attached hydrogen (secondary N) is 1. The average Bonchev–Trinajstić information content (AvgIpc) is 2.53. The average molecular weight is 332 g/mol. The molecule has 0 saturated carbocycles. The van der Waals surface area contributed by atoms with Gasteiger partial charge in [-0.15, -0.1) is 0 Å². The fraction of sp³-hybridized carbons (Fsp3) is 0.316. The second-order valence-electron chi connectivity index (χ2n) is 6.10. The summed E-state index contributed by atoms with van der Waals surface area (Å²) in [5.74, 6) is -1.32. The van der Waals surface area contributed by atoms with Crippen LogP contribution in [0.25, 0.3) is 0 Å². The van der Waals surface area contributed by atoms with Crippen LogP contribution in [0.1, 0.15) is 31.0 Å². The molecule has 0 aliphatic rings. The number of rotatable bonds is 6. The van der Waals surface area contributed by atoms with Gasteiger partial charge in [-0.1, -0.05) is 31.2 Å². The predicted molar refractivity (Wildman–Crippen MR) is 90.2 cm³/mol. The van der Waals surface area contributed by atoms with Gasteiger partial charge in [0.05, 0.1) is 6.04 Å². The Hall–Kier alpha value is -2.27. The van der Waals surface area contributed by atoms with E-state index in [1.807, 2.05) is 0 Å². The Bertz CT molecular complexity index is 703. The molecule has 128 valence electrons. The van der Waals surface area contributed by atoms with Crippen LogP contribution in [0.2, 0.25) is 0 Å². The number of benzene rings is 2. The van der Waals surface area contributed by atoms with Gasteiger partial charge >= 0.3 is 0 Å². The first-order valence-corrected chi connectivity index (χ1v) is 7.92. The molecule has 2 aromatic rings. The molecule has 1 amide bonds. The van der Waals surface area contributed by atoms with E-state index in [1.54, 1.807) is 38.1 Å². The van der Waals surface area contributed by atoms with Crippen LogP contribution in [0.15, 0.2) is 48.5 Å². The van der Waals surface area contributed by atoms with Gasteiger partial charge in [0, 0.05) is 12.0 Å². The first kappa shape index (κ1) is 18.1. The van der Waals surface area contributed by atoms with Crippen LogP contribution in [0.5, 0.6) is 0 Å². The van der Waals surface area contributed by atoms with Crippen molar-refractivity contribution in [2.24, 2.45) is 11.7 Å². The zero-order chi connectivity index (χ0) is 17.7. The van der Waals surface area contributed by atoms with Gasteiger partial charge in [0.25, 0.3) is 0 Å². The SMILES string of the molecule is CC(N)C(C)C(=O)NC(Cc1cccc(F)c1)c1cccc(F)c1. The molecule has 0 spiro atoms. The molecule has 0 saturated heterocycles. The Morgan fingerprint density at radius 3 is 2.29 bits per heavy atom. The third kappa shape index (κ3) is 4.86. The Kier molecular flexibility index (Phi) is 6.04. The summed E-state index contributed by atoms with van der Waals surface area (Å²) in [5, 5.41) is 2.90. The second kappa shape index (κ2) is 8.02. The van der Waals surface area contributed by atoms with Crippen molar-refractivity contribution < 1.29 is 13.6 Å². The van der Waals surface area contributed by atoms with Gasteiger partial charge in [-0.25, -0.2) is 8.78 Å². The molecule has 5 heteroatoms. The summed E-state index contributed by atoms with van der Waals surface area (Å²) >= 11 is 0. The van der Waals surface area contributed by atoms with Crippen LogP contribution in [0.4, 0.5) is 8.78 Å². The van der Waals surface area contributed by atoms with Crippen molar-refractivity contribution in [3.05, 3.63) is 71.3 Å². The third-order valence-electron chi connectivity index (χ3n) is 4.10. The summed E-state index contributed by atoms with van der Waals surface area (Å²) in [6.07, 6.45) is 0.360. The van der Waals surface area contributed by atoms with Gasteiger partial charge in [-0.3, -0.25) is 4.79 Å². The lowest BCUT2D eigenvalue weighted by molar-refractivity contribution is -0.125. The molecular weight excluding hydrogens is 310 g/mol. The molecule has 24 heavy (non-hydrogen) atoms. The number of nitrogens with two attached hydrogens (primary N) is 1. The standard InChI is InChI=1S/C19H22F2N2O/c1-12(13(2)22)19(24)23-18(15-6-4-8-17(21)11-15)10-14-5-3-7-16(20)9-14/h3-9,11-13,18H,10,22H2,1-2H3,(H,23,24). The Balaban J connectivity index is 2.26. The number of hydrogen-bond donors (Lipinski definition) is 2. The highest BCUT2D eigenvalue weighted by atomic mass is 19.1. The van der Waals surface area contributed by atoms with E-state index < -0.39 is 6.04 Å². The largest absolute Gasteiger partial charge is 0.349 e. The maximum atomic E-state index is 13.6. The molecule has 0 fully saturated rings. The minimum Gasteiger partial charge on any atom is -0.349 e. The van der Waals surface area contributed by atoms with Gasteiger partial charge < -0.3 is 11.1 Å². The van der Waals surface area contributed by atoms with Gasteiger partial charge in [0.15, 0.2) is 0 Å². The lowest BCUT2D eigenvalue weighted by Gasteiger charge is -2.23. The van der Waals surface area contributed by atoms with E-state index in [-0.39, 0.29) is 29.5 Å². The molecule has 0 bridgehead atoms. The van der Waals surface area contributed by atoms with E-state index in [1.165, 1.54) is 24.3 Å². The van der Waals surface area contributed by atoms with Crippen LogP contribution in [-0.4, -0.2) is 11.9 Å². The van der Waals surface area contributed by atoms with Crippen molar-refractivity contribution in [3.8, 4) is 0 Å². The Morgan fingerprint density at radius 2 is 1.71 bits per heavy atom. The van der Waals surface area contributed by atoms with E-state index in [4.69, 9.17) is 5.73 Å². The lowest BCUT2D eigenvalue weighted by atomic mass is 9.96. The first-order chi connectivity index (χ1) is 11.4. The van der Waals surface area contributed by atoms with E-state index in [0.717, 1.165) is 5.56 Å². The van der Waals surface area contributed by atoms with Crippen molar-refractivity contribution in [2.75, 3.05) is 0 Å². The van der Waals surface area contributed by atoms with Crippen molar-refractivity contribution in [3.63, 3.8) is 0 Å². The second-order valence-corrected chi connectivity index (χ2v) is 6.10. The van der Waals surface area contributed by atoms with Crippen LogP contribution < -0.4 is 11.1 Å². The van der Waals surface area contributed by atoms with Crippen molar-refractivity contribution in [1.29, 1.82) is 0 Å². The van der Waals surface area contributed by atoms with E-state index in [2.05, 4.69) is 5.32 Å². The van der Waals surface area contributed by atoms with Crippen LogP contribution in [0.3, 0.4) is 0 Å². The summed E-state index contributed by atoms with van der Waals surface area (Å²) in [5.41, 5.74) is 7.13. The highest BCUT2D eigenvalue weighted by Gasteiger charge is 2.22. The molecule has 0 heterocycles. The van der Waals surface area contributed by atoms with Gasteiger partial charge in [0.2, 0.25) is 5.91 Å². The zero-order valence-corrected chi connectivity index (χ0v) is 13.8. The molecule has 0 aliphatic heterocycles. The molecule has 3 unspecified atom stereocenters. The molecule has 2 aromatic carbocycles. The van der Waals surface area contributed by atoms with Crippen LogP contribution in [-0.2, 0) is 11.2 Å². The molecule has 0 radical (unpaired) electrons. The van der Waals surface area contributed by atoms with E-state index in [9.17, 15) is 13.6 Å². The molecule has 0 aliphatic carbocycles. The highest BCUT2D eigenvalue weighted by molar-refractivity contribution is 5.79. The van der Waals surface area contributed by atoms with E-state index in [0.29, 0.717) is 12.0 Å². The molecule has 3 N–H and O–H groups in total. The summed E-state index contributed by atoms with van der Waals surface area (Å²) in [7, 11) is 0. The Labute approximate surface area is 140 Å². The molecule has 2 rings (SSSR count). The summed E-state index contributed by atoms with van der Waals surface area (Å²) in [4.78, 5) is 12.4. The molecule has 3 nitrogen and oxygen atoms in total. The van der Waals surface area contributed by atoms with E-state index >= 15 is 0 Å². The van der Waals surface area contributed by atoms with Crippen molar-refractivity contribution in [1.82, 2.24) is 5.32 Å². The fourth-order valence-electron chi connectivity index (χ4n) is 2.42. The topological polar surface area (TPSA) is 55.1 Å². The smallest absolute Gasteiger partial charge is 0.224 e. The van der Waals surface area contributed by atoms with Crippen molar-refractivity contribution >= 4 is 5.91 Å². The normalized spacial score (nSPS) is 14.7. The van der Waals surface area contributed by atoms with Gasteiger partial charge in [-0.05, 0) is 48.7 Å². The lowest BCUT2D eigenvalue weighted by Crippen LogP contribution is -2.40. The molecule has 3 atom stereocenters. The third-order valence-corrected chi connectivity index (χ3v) is 4.10. The summed E-state index contributed by atoms with van der Waals surface area (Å²) in [6.45, 7) is 3.50. The van der Waals surface area contributed by atoms with Crippen molar-refractivity contribution in [2.45, 2.75) is 32.4 Å². The highest BCUT2D eigenvalue weighted by Crippen LogP contribution is 2.21. The summed E-state index contributed by atoms with van der Waals surface area (Å²) < 4.78 is 27.0. The maximum Gasteiger partial charge on any atom is 0.224 e. The van der Waals surface area contributed by atoms with Crippen LogP contribution >= 0.6 is 0 Å². The number of amides is 1. The van der Waals surface area contributed by atoms with Gasteiger partial charge in [0.1, 0.15) is 11.6 Å². The minimum absolute atomic E-state index is 0.212. The predicted octanol–water partition coefficient (Wildman–Crippen LogP) is 3.35. The quantitative estimate of drug-likeness (QED) is 0.852. The minimum atomic E-state index is -0.462. The summed E-state index contributed by atoms with van der Waals surface area (Å²) in [6, 6.07) is 11.4. The Morgan fingerprint density at radius 1 is 1.08 bits per heavy atom.